The molecule has 1 unspecified atom stereocenters. The maximum atomic E-state index is 12.6. The summed E-state index contributed by atoms with van der Waals surface area (Å²) >= 11 is -0.517. The smallest absolute Gasteiger partial charge is 0.302 e. The Balaban J connectivity index is 2.70. The highest BCUT2D eigenvalue weighted by molar-refractivity contribution is 7.93. The second kappa shape index (κ2) is 7.51. The first-order valence-electron chi connectivity index (χ1n) is 5.07. The Kier molecular flexibility index (Phi) is 6.32. The summed E-state index contributed by atoms with van der Waals surface area (Å²) < 4.78 is 48.3. The molecule has 1 rings (SSSR count). The summed E-state index contributed by atoms with van der Waals surface area (Å²) in [5.74, 6) is -1.78. The van der Waals surface area contributed by atoms with Crippen molar-refractivity contribution in [3.8, 4) is 0 Å². The van der Waals surface area contributed by atoms with E-state index in [-0.39, 0.29) is 10.1 Å². The molecular formula is C10H11F3N2O2S2. The molecule has 0 saturated carbocycles. The molecule has 0 bridgehead atoms. The van der Waals surface area contributed by atoms with Crippen molar-refractivity contribution < 1.29 is 22.6 Å². The minimum absolute atomic E-state index is 0.239. The molecule has 0 radical (unpaired) electrons. The third-order valence-corrected chi connectivity index (χ3v) is 4.75. The highest BCUT2D eigenvalue weighted by atomic mass is 32.2. The number of hydrogen-bond donors (Lipinski definition) is 0. The van der Waals surface area contributed by atoms with E-state index in [1.165, 1.54) is 13.3 Å². The molecule has 1 heterocycles. The molecule has 0 aliphatic heterocycles. The van der Waals surface area contributed by atoms with Crippen LogP contribution in [0.1, 0.15) is 17.0 Å². The fourth-order valence-corrected chi connectivity index (χ4v) is 3.39. The van der Waals surface area contributed by atoms with Crippen LogP contribution >= 0.6 is 11.3 Å². The number of aryl methyl sites for hydroxylation is 1. The molecular weight excluding hydrogens is 301 g/mol. The van der Waals surface area contributed by atoms with E-state index in [1.807, 2.05) is 0 Å². The molecule has 1 aromatic heterocycles. The monoisotopic (exact) mass is 312 g/mol. The van der Waals surface area contributed by atoms with Crippen molar-refractivity contribution >= 4 is 28.7 Å². The number of allylic oxidation sites excluding steroid dienone is 1. The van der Waals surface area contributed by atoms with Gasteiger partial charge >= 0.3 is 10.4 Å². The predicted molar refractivity (Wildman–Crippen MR) is 67.7 cm³/mol. The largest absolute Gasteiger partial charge is 0.610 e. The zero-order chi connectivity index (χ0) is 14.4. The van der Waals surface area contributed by atoms with Gasteiger partial charge in [-0.2, -0.15) is 13.8 Å². The lowest BCUT2D eigenvalue weighted by molar-refractivity contribution is 0.215. The molecule has 0 N–H and O–H groups in total. The molecule has 0 aliphatic carbocycles. The van der Waals surface area contributed by atoms with Crippen molar-refractivity contribution in [1.29, 1.82) is 0 Å². The minimum atomic E-state index is -2.37. The van der Waals surface area contributed by atoms with Crippen LogP contribution in [-0.2, 0) is 16.0 Å². The van der Waals surface area contributed by atoms with Crippen molar-refractivity contribution in [2.24, 2.45) is 5.16 Å². The van der Waals surface area contributed by atoms with Crippen molar-refractivity contribution in [3.63, 3.8) is 0 Å². The van der Waals surface area contributed by atoms with Crippen LogP contribution in [0, 0.1) is 6.92 Å². The minimum Gasteiger partial charge on any atom is -0.610 e. The Morgan fingerprint density at radius 3 is 2.79 bits per heavy atom. The van der Waals surface area contributed by atoms with E-state index in [0.29, 0.717) is 10.6 Å². The summed E-state index contributed by atoms with van der Waals surface area (Å²) in [5, 5.41) is 3.55. The van der Waals surface area contributed by atoms with Crippen LogP contribution in [0.5, 0.6) is 0 Å². The average molecular weight is 312 g/mol. The molecule has 19 heavy (non-hydrogen) atoms. The zero-order valence-corrected chi connectivity index (χ0v) is 11.8. The van der Waals surface area contributed by atoms with E-state index >= 15 is 0 Å². The molecule has 1 aromatic rings. The number of nitrogens with zero attached hydrogens (tertiary/aromatic N) is 2. The summed E-state index contributed by atoms with van der Waals surface area (Å²) in [4.78, 5) is 9.19. The summed E-state index contributed by atoms with van der Waals surface area (Å²) in [6.45, 7) is 1.69. The van der Waals surface area contributed by atoms with Gasteiger partial charge in [0.15, 0.2) is 5.83 Å². The number of oxime groups is 1. The lowest BCUT2D eigenvalue weighted by atomic mass is 10.4. The first-order valence-corrected chi connectivity index (χ1v) is 7.21. The van der Waals surface area contributed by atoms with Gasteiger partial charge in [0.05, 0.1) is 23.2 Å². The number of thiazole rings is 1. The third kappa shape index (κ3) is 4.84. The SMILES string of the molecule is CON=Cc1sc([S+]([O-])CCC(F)=C(F)F)nc1C. The van der Waals surface area contributed by atoms with E-state index in [0.717, 1.165) is 11.3 Å². The summed E-state index contributed by atoms with van der Waals surface area (Å²) in [7, 11) is 1.38. The Labute approximate surface area is 115 Å². The highest BCUT2D eigenvalue weighted by Crippen LogP contribution is 2.24. The van der Waals surface area contributed by atoms with Crippen molar-refractivity contribution in [3.05, 3.63) is 22.5 Å². The second-order valence-corrected chi connectivity index (χ2v) is 6.09. The van der Waals surface area contributed by atoms with Gasteiger partial charge in [-0.05, 0) is 6.92 Å². The topological polar surface area (TPSA) is 57.5 Å². The van der Waals surface area contributed by atoms with Crippen LogP contribution in [0.3, 0.4) is 0 Å². The number of hydrogen-bond acceptors (Lipinski definition) is 5. The van der Waals surface area contributed by atoms with Gasteiger partial charge in [0.2, 0.25) is 0 Å². The Bertz CT molecular complexity index is 487. The molecule has 0 amide bonds. The lowest BCUT2D eigenvalue weighted by Crippen LogP contribution is -2.07. The van der Waals surface area contributed by atoms with Crippen molar-refractivity contribution in [1.82, 2.24) is 4.98 Å². The van der Waals surface area contributed by atoms with E-state index in [4.69, 9.17) is 0 Å². The molecule has 0 aromatic carbocycles. The number of rotatable bonds is 6. The van der Waals surface area contributed by atoms with Gasteiger partial charge in [-0.3, -0.25) is 0 Å². The number of aromatic nitrogens is 1. The quantitative estimate of drug-likeness (QED) is 0.461. The van der Waals surface area contributed by atoms with Gasteiger partial charge in [0.1, 0.15) is 12.9 Å². The summed E-state index contributed by atoms with van der Waals surface area (Å²) in [6, 6.07) is 0. The highest BCUT2D eigenvalue weighted by Gasteiger charge is 2.20. The normalized spacial score (nSPS) is 12.7. The predicted octanol–water partition coefficient (Wildman–Crippen LogP) is 3.01. The zero-order valence-electron chi connectivity index (χ0n) is 10.2. The van der Waals surface area contributed by atoms with Crippen LogP contribution < -0.4 is 0 Å². The molecule has 0 spiro atoms. The molecule has 4 nitrogen and oxygen atoms in total. The molecule has 0 fully saturated rings. The Hall–Kier alpha value is -1.06. The summed E-state index contributed by atoms with van der Waals surface area (Å²) in [5.41, 5.74) is 0.599. The molecule has 106 valence electrons. The van der Waals surface area contributed by atoms with Crippen LogP contribution in [0.4, 0.5) is 13.2 Å². The van der Waals surface area contributed by atoms with Crippen LogP contribution in [0.25, 0.3) is 0 Å². The first kappa shape index (κ1) is 16.0. The average Bonchev–Trinajstić information content (AvgIpc) is 2.74. The van der Waals surface area contributed by atoms with Gasteiger partial charge in [0.25, 0.3) is 0 Å². The van der Waals surface area contributed by atoms with Gasteiger partial charge in [-0.25, -0.2) is 4.39 Å². The van der Waals surface area contributed by atoms with Crippen LogP contribution in [0.15, 0.2) is 21.4 Å². The standard InChI is InChI=1S/C10H11F3N2O2S2/c1-6-8(5-14-17-2)18-10(15-6)19(16)4-3-7(11)9(12)13/h5H,3-4H2,1-2H3. The van der Waals surface area contributed by atoms with Crippen molar-refractivity contribution in [2.75, 3.05) is 12.9 Å². The maximum absolute atomic E-state index is 12.6. The van der Waals surface area contributed by atoms with Gasteiger partial charge in [-0.15, -0.1) is 0 Å². The van der Waals surface area contributed by atoms with Gasteiger partial charge in [-0.1, -0.05) is 16.5 Å². The maximum Gasteiger partial charge on any atom is 0.302 e. The summed E-state index contributed by atoms with van der Waals surface area (Å²) in [6.07, 6.45) is -1.54. The van der Waals surface area contributed by atoms with E-state index in [2.05, 4.69) is 15.0 Å². The lowest BCUT2D eigenvalue weighted by Gasteiger charge is -2.04. The Morgan fingerprint density at radius 2 is 2.21 bits per heavy atom. The fourth-order valence-electron chi connectivity index (χ4n) is 1.06. The van der Waals surface area contributed by atoms with Crippen LogP contribution in [0.2, 0.25) is 0 Å². The Morgan fingerprint density at radius 1 is 1.53 bits per heavy atom. The first-order chi connectivity index (χ1) is 8.95. The molecule has 0 saturated heterocycles. The number of halogens is 3. The molecule has 9 heteroatoms. The van der Waals surface area contributed by atoms with E-state index in [1.54, 1.807) is 6.92 Å². The van der Waals surface area contributed by atoms with E-state index < -0.39 is 29.5 Å². The van der Waals surface area contributed by atoms with E-state index in [9.17, 15) is 17.7 Å². The van der Waals surface area contributed by atoms with Crippen molar-refractivity contribution in [2.45, 2.75) is 17.7 Å². The van der Waals surface area contributed by atoms with Gasteiger partial charge < -0.3 is 9.39 Å². The second-order valence-electron chi connectivity index (χ2n) is 3.31. The van der Waals surface area contributed by atoms with Crippen LogP contribution in [-0.4, -0.2) is 28.6 Å². The fraction of sp³-hybridized carbons (Fsp3) is 0.400. The molecule has 0 aliphatic rings. The third-order valence-electron chi connectivity index (χ3n) is 1.99. The molecule has 1 atom stereocenters. The van der Waals surface area contributed by atoms with Gasteiger partial charge in [0, 0.05) is 11.2 Å².